The molecule has 0 saturated carbocycles. The van der Waals surface area contributed by atoms with Gasteiger partial charge in [0.05, 0.1) is 0 Å². The number of nitrogens with zero attached hydrogens (tertiary/aromatic N) is 1. The standard InChI is InChI=1S/C5H8N2O/c1-3-4(2)5(8)7-6/h3,6H,1-2H3/b4-3+,7-6?. The van der Waals surface area contributed by atoms with Crippen molar-refractivity contribution < 1.29 is 4.79 Å². The Labute approximate surface area is 47.9 Å². The van der Waals surface area contributed by atoms with E-state index >= 15 is 0 Å². The molecule has 0 aromatic carbocycles. The fraction of sp³-hybridized carbons (Fsp3) is 0.400. The van der Waals surface area contributed by atoms with Crippen LogP contribution in [0.3, 0.4) is 0 Å². The third-order valence-corrected chi connectivity index (χ3v) is 0.872. The van der Waals surface area contributed by atoms with E-state index in [9.17, 15) is 4.79 Å². The number of nitrogens with one attached hydrogen (secondary N) is 1. The average molecular weight is 112 g/mol. The van der Waals surface area contributed by atoms with Crippen LogP contribution >= 0.6 is 0 Å². The Hall–Kier alpha value is -0.990. The van der Waals surface area contributed by atoms with Crippen LogP contribution < -0.4 is 0 Å². The molecule has 3 nitrogen and oxygen atoms in total. The fourth-order valence-corrected chi connectivity index (χ4v) is 0.212. The highest BCUT2D eigenvalue weighted by Gasteiger charge is 1.96. The summed E-state index contributed by atoms with van der Waals surface area (Å²) >= 11 is 0. The molecular formula is C5H8N2O. The van der Waals surface area contributed by atoms with Crippen molar-refractivity contribution in [2.45, 2.75) is 13.8 Å². The molecule has 3 heteroatoms. The molecular weight excluding hydrogens is 104 g/mol. The summed E-state index contributed by atoms with van der Waals surface area (Å²) in [6.45, 7) is 3.36. The number of carbonyl (C=O) groups excluding carboxylic acids is 1. The molecule has 0 bridgehead atoms. The third-order valence-electron chi connectivity index (χ3n) is 0.872. The summed E-state index contributed by atoms with van der Waals surface area (Å²) in [7, 11) is 0. The number of rotatable bonds is 1. The van der Waals surface area contributed by atoms with Crippen molar-refractivity contribution in [3.8, 4) is 0 Å². The van der Waals surface area contributed by atoms with Gasteiger partial charge < -0.3 is 0 Å². The summed E-state index contributed by atoms with van der Waals surface area (Å²) in [6.07, 6.45) is 1.63. The quantitative estimate of drug-likeness (QED) is 0.405. The molecule has 0 aliphatic rings. The summed E-state index contributed by atoms with van der Waals surface area (Å²) in [5, 5.41) is 2.70. The highest BCUT2D eigenvalue weighted by atomic mass is 16.1. The Morgan fingerprint density at radius 3 is 2.38 bits per heavy atom. The van der Waals surface area contributed by atoms with Crippen molar-refractivity contribution in [3.05, 3.63) is 11.6 Å². The van der Waals surface area contributed by atoms with Gasteiger partial charge in [0, 0.05) is 5.57 Å². The Bertz CT molecular complexity index is 137. The zero-order chi connectivity index (χ0) is 6.57. The van der Waals surface area contributed by atoms with Crippen molar-refractivity contribution in [2.24, 2.45) is 5.11 Å². The van der Waals surface area contributed by atoms with Gasteiger partial charge in [-0.1, -0.05) is 6.08 Å². The minimum Gasteiger partial charge on any atom is -0.266 e. The van der Waals surface area contributed by atoms with E-state index in [2.05, 4.69) is 5.11 Å². The first-order valence-corrected chi connectivity index (χ1v) is 2.27. The van der Waals surface area contributed by atoms with E-state index in [-0.39, 0.29) is 0 Å². The van der Waals surface area contributed by atoms with Crippen LogP contribution in [0, 0.1) is 5.53 Å². The molecule has 0 radical (unpaired) electrons. The van der Waals surface area contributed by atoms with Crippen LogP contribution in [0.25, 0.3) is 0 Å². The number of hydrogen-bond donors (Lipinski definition) is 1. The number of carbonyl (C=O) groups is 1. The van der Waals surface area contributed by atoms with Gasteiger partial charge in [0.15, 0.2) is 0 Å². The molecule has 0 spiro atoms. The summed E-state index contributed by atoms with van der Waals surface area (Å²) in [4.78, 5) is 10.3. The maximum Gasteiger partial charge on any atom is 0.290 e. The first-order valence-electron chi connectivity index (χ1n) is 2.27. The molecule has 0 saturated heterocycles. The predicted molar refractivity (Wildman–Crippen MR) is 29.6 cm³/mol. The van der Waals surface area contributed by atoms with E-state index in [0.717, 1.165) is 0 Å². The van der Waals surface area contributed by atoms with Gasteiger partial charge in [0.25, 0.3) is 5.91 Å². The Morgan fingerprint density at radius 2 is 2.25 bits per heavy atom. The molecule has 44 valence electrons. The maximum atomic E-state index is 10.3. The molecule has 1 amide bonds. The van der Waals surface area contributed by atoms with Gasteiger partial charge in [-0.25, -0.2) is 5.53 Å². The molecule has 0 aromatic rings. The first-order chi connectivity index (χ1) is 3.72. The Morgan fingerprint density at radius 1 is 1.75 bits per heavy atom. The van der Waals surface area contributed by atoms with Gasteiger partial charge >= 0.3 is 0 Å². The molecule has 8 heavy (non-hydrogen) atoms. The monoisotopic (exact) mass is 112 g/mol. The van der Waals surface area contributed by atoms with Crippen LogP contribution in [0.4, 0.5) is 0 Å². The van der Waals surface area contributed by atoms with E-state index in [1.807, 2.05) is 0 Å². The molecule has 0 aliphatic carbocycles. The molecule has 0 heterocycles. The minimum absolute atomic E-state index is 0.465. The second-order valence-corrected chi connectivity index (χ2v) is 1.39. The zero-order valence-electron chi connectivity index (χ0n) is 4.93. The normalized spacial score (nSPS) is 11.0. The SMILES string of the molecule is C/C=C(\C)C(=O)N=N. The molecule has 0 unspecified atom stereocenters. The van der Waals surface area contributed by atoms with E-state index in [1.165, 1.54) is 0 Å². The topological polar surface area (TPSA) is 53.3 Å². The van der Waals surface area contributed by atoms with E-state index in [0.29, 0.717) is 5.57 Å². The van der Waals surface area contributed by atoms with E-state index in [4.69, 9.17) is 5.53 Å². The lowest BCUT2D eigenvalue weighted by atomic mass is 10.3. The largest absolute Gasteiger partial charge is 0.290 e. The molecule has 0 aliphatic heterocycles. The van der Waals surface area contributed by atoms with Crippen molar-refractivity contribution in [2.75, 3.05) is 0 Å². The highest BCUT2D eigenvalue weighted by Crippen LogP contribution is 1.92. The first kappa shape index (κ1) is 7.01. The van der Waals surface area contributed by atoms with Gasteiger partial charge in [0.1, 0.15) is 0 Å². The number of allylic oxidation sites excluding steroid dienone is 1. The average Bonchev–Trinajstić information content (AvgIpc) is 1.84. The fourth-order valence-electron chi connectivity index (χ4n) is 0.212. The van der Waals surface area contributed by atoms with Crippen LogP contribution in [0.15, 0.2) is 16.8 Å². The van der Waals surface area contributed by atoms with Crippen molar-refractivity contribution in [3.63, 3.8) is 0 Å². The van der Waals surface area contributed by atoms with Crippen LogP contribution in [-0.4, -0.2) is 5.91 Å². The maximum absolute atomic E-state index is 10.3. The lowest BCUT2D eigenvalue weighted by Gasteiger charge is -1.84. The molecule has 0 atom stereocenters. The number of hydrogen-bond acceptors (Lipinski definition) is 2. The van der Waals surface area contributed by atoms with Crippen LogP contribution in [0.2, 0.25) is 0 Å². The molecule has 0 rings (SSSR count). The lowest BCUT2D eigenvalue weighted by Crippen LogP contribution is -1.90. The van der Waals surface area contributed by atoms with Gasteiger partial charge in [-0.3, -0.25) is 4.79 Å². The van der Waals surface area contributed by atoms with E-state index < -0.39 is 5.91 Å². The van der Waals surface area contributed by atoms with Crippen molar-refractivity contribution >= 4 is 5.91 Å². The predicted octanol–water partition coefficient (Wildman–Crippen LogP) is 1.51. The van der Waals surface area contributed by atoms with Gasteiger partial charge in [-0.2, -0.15) is 0 Å². The third kappa shape index (κ3) is 1.64. The second kappa shape index (κ2) is 3.07. The molecule has 0 aromatic heterocycles. The summed E-state index contributed by atoms with van der Waals surface area (Å²) in [5.74, 6) is -0.465. The Kier molecular flexibility index (Phi) is 2.69. The van der Waals surface area contributed by atoms with Gasteiger partial charge in [-0.15, -0.1) is 5.11 Å². The van der Waals surface area contributed by atoms with E-state index in [1.54, 1.807) is 19.9 Å². The van der Waals surface area contributed by atoms with Gasteiger partial charge in [0.2, 0.25) is 0 Å². The summed E-state index contributed by atoms with van der Waals surface area (Å²) in [5.41, 5.74) is 6.79. The van der Waals surface area contributed by atoms with Crippen molar-refractivity contribution in [1.29, 1.82) is 5.53 Å². The second-order valence-electron chi connectivity index (χ2n) is 1.39. The number of amides is 1. The highest BCUT2D eigenvalue weighted by molar-refractivity contribution is 5.92. The summed E-state index contributed by atoms with van der Waals surface area (Å²) < 4.78 is 0. The van der Waals surface area contributed by atoms with Crippen LogP contribution in [0.1, 0.15) is 13.8 Å². The smallest absolute Gasteiger partial charge is 0.266 e. The molecule has 1 N–H and O–H groups in total. The van der Waals surface area contributed by atoms with Crippen LogP contribution in [0.5, 0.6) is 0 Å². The Balaban J connectivity index is 4.03. The van der Waals surface area contributed by atoms with Crippen molar-refractivity contribution in [1.82, 2.24) is 0 Å². The molecule has 0 fully saturated rings. The minimum atomic E-state index is -0.465. The van der Waals surface area contributed by atoms with Crippen LogP contribution in [-0.2, 0) is 4.79 Å². The van der Waals surface area contributed by atoms with Gasteiger partial charge in [-0.05, 0) is 13.8 Å². The zero-order valence-corrected chi connectivity index (χ0v) is 4.93. The lowest BCUT2D eigenvalue weighted by molar-refractivity contribution is -0.115. The summed E-state index contributed by atoms with van der Waals surface area (Å²) in [6, 6.07) is 0.